The van der Waals surface area contributed by atoms with Crippen molar-refractivity contribution in [2.24, 2.45) is 11.8 Å². The maximum absolute atomic E-state index is 12.5. The molecule has 4 rings (SSSR count). The second-order valence-corrected chi connectivity index (χ2v) is 7.70. The minimum atomic E-state index is 0.0698. The first kappa shape index (κ1) is 14.5. The summed E-state index contributed by atoms with van der Waals surface area (Å²) >= 11 is 1.30. The van der Waals surface area contributed by atoms with Gasteiger partial charge in [0.25, 0.3) is 5.91 Å². The van der Waals surface area contributed by atoms with Gasteiger partial charge < -0.3 is 14.5 Å². The molecule has 6 nitrogen and oxygen atoms in total. The Bertz CT molecular complexity index is 557. The van der Waals surface area contributed by atoms with Gasteiger partial charge in [-0.2, -0.15) is 0 Å². The first-order chi connectivity index (χ1) is 10.7. The number of amides is 1. The molecule has 0 aromatic carbocycles. The standard InChI is InChI=1S/C15H22N4O2S/c1-10-14(16-17-22-10)15(20)19-8-12-7-18(9-13(12)19)6-11-2-4-21-5-3-11/h11-13H,2-9H2,1H3/t12-,13-/m0/s1. The summed E-state index contributed by atoms with van der Waals surface area (Å²) in [6.45, 7) is 7.93. The van der Waals surface area contributed by atoms with E-state index >= 15 is 0 Å². The summed E-state index contributed by atoms with van der Waals surface area (Å²) in [6, 6.07) is 0.383. The Hall–Kier alpha value is -1.05. The summed E-state index contributed by atoms with van der Waals surface area (Å²) in [5.74, 6) is 1.48. The zero-order valence-corrected chi connectivity index (χ0v) is 13.7. The van der Waals surface area contributed by atoms with E-state index in [1.165, 1.54) is 24.4 Å². The van der Waals surface area contributed by atoms with E-state index in [0.29, 0.717) is 17.7 Å². The van der Waals surface area contributed by atoms with E-state index in [9.17, 15) is 4.79 Å². The van der Waals surface area contributed by atoms with E-state index in [0.717, 1.165) is 50.2 Å². The van der Waals surface area contributed by atoms with E-state index in [1.807, 2.05) is 11.8 Å². The Kier molecular flexibility index (Phi) is 3.88. The highest BCUT2D eigenvalue weighted by molar-refractivity contribution is 7.05. The summed E-state index contributed by atoms with van der Waals surface area (Å²) < 4.78 is 9.32. The van der Waals surface area contributed by atoms with Gasteiger partial charge in [0.15, 0.2) is 5.69 Å². The molecule has 2 atom stereocenters. The fourth-order valence-corrected chi connectivity index (χ4v) is 4.43. The molecule has 22 heavy (non-hydrogen) atoms. The largest absolute Gasteiger partial charge is 0.381 e. The molecule has 0 spiro atoms. The second kappa shape index (κ2) is 5.86. The van der Waals surface area contributed by atoms with Gasteiger partial charge in [0, 0.05) is 45.3 Å². The van der Waals surface area contributed by atoms with Crippen LogP contribution in [-0.4, -0.2) is 70.7 Å². The Morgan fingerprint density at radius 3 is 2.86 bits per heavy atom. The number of carbonyl (C=O) groups is 1. The average molecular weight is 322 g/mol. The summed E-state index contributed by atoms with van der Waals surface area (Å²) in [6.07, 6.45) is 2.36. The zero-order chi connectivity index (χ0) is 15.1. The number of likely N-dealkylation sites (tertiary alicyclic amines) is 2. The van der Waals surface area contributed by atoms with Gasteiger partial charge in [0.2, 0.25) is 0 Å². The van der Waals surface area contributed by atoms with E-state index in [-0.39, 0.29) is 5.91 Å². The van der Waals surface area contributed by atoms with Crippen molar-refractivity contribution in [1.82, 2.24) is 19.4 Å². The van der Waals surface area contributed by atoms with Crippen molar-refractivity contribution in [3.05, 3.63) is 10.6 Å². The topological polar surface area (TPSA) is 58.6 Å². The van der Waals surface area contributed by atoms with Crippen LogP contribution in [0.2, 0.25) is 0 Å². The Labute approximate surface area is 134 Å². The SMILES string of the molecule is Cc1snnc1C(=O)N1C[C@@H]2CN(CC3CCOCC3)C[C@@H]21. The van der Waals surface area contributed by atoms with Crippen molar-refractivity contribution < 1.29 is 9.53 Å². The number of aromatic nitrogens is 2. The maximum atomic E-state index is 12.5. The maximum Gasteiger partial charge on any atom is 0.275 e. The van der Waals surface area contributed by atoms with Crippen LogP contribution in [0, 0.1) is 18.8 Å². The van der Waals surface area contributed by atoms with Crippen LogP contribution < -0.4 is 0 Å². The van der Waals surface area contributed by atoms with Crippen LogP contribution in [0.3, 0.4) is 0 Å². The fourth-order valence-electron chi connectivity index (χ4n) is 3.97. The van der Waals surface area contributed by atoms with Crippen molar-refractivity contribution in [2.75, 3.05) is 39.4 Å². The third-order valence-electron chi connectivity index (χ3n) is 5.29. The molecule has 7 heteroatoms. The Morgan fingerprint density at radius 2 is 2.14 bits per heavy atom. The van der Waals surface area contributed by atoms with Gasteiger partial charge in [-0.3, -0.25) is 4.79 Å². The van der Waals surface area contributed by atoms with E-state index in [2.05, 4.69) is 14.5 Å². The molecule has 0 saturated carbocycles. The summed E-state index contributed by atoms with van der Waals surface area (Å²) in [7, 11) is 0. The first-order valence-corrected chi connectivity index (χ1v) is 8.89. The number of hydrogen-bond acceptors (Lipinski definition) is 6. The van der Waals surface area contributed by atoms with Gasteiger partial charge in [-0.15, -0.1) is 5.10 Å². The molecule has 1 amide bonds. The number of ether oxygens (including phenoxy) is 1. The van der Waals surface area contributed by atoms with Crippen molar-refractivity contribution in [2.45, 2.75) is 25.8 Å². The molecule has 3 fully saturated rings. The van der Waals surface area contributed by atoms with Gasteiger partial charge in [0.1, 0.15) is 0 Å². The summed E-state index contributed by atoms with van der Waals surface area (Å²) in [4.78, 5) is 18.0. The average Bonchev–Trinajstić information content (AvgIpc) is 3.06. The van der Waals surface area contributed by atoms with Gasteiger partial charge in [-0.25, -0.2) is 0 Å². The molecule has 0 unspecified atom stereocenters. The molecule has 0 N–H and O–H groups in total. The number of fused-ring (bicyclic) bond motifs is 1. The smallest absolute Gasteiger partial charge is 0.275 e. The number of hydrogen-bond donors (Lipinski definition) is 0. The lowest BCUT2D eigenvalue weighted by Crippen LogP contribution is -2.58. The molecular formula is C15H22N4O2S. The van der Waals surface area contributed by atoms with E-state index in [1.54, 1.807) is 0 Å². The molecule has 4 heterocycles. The van der Waals surface area contributed by atoms with E-state index in [4.69, 9.17) is 4.74 Å². The van der Waals surface area contributed by atoms with Crippen molar-refractivity contribution in [3.63, 3.8) is 0 Å². The lowest BCUT2D eigenvalue weighted by atomic mass is 9.91. The van der Waals surface area contributed by atoms with E-state index < -0.39 is 0 Å². The predicted molar refractivity (Wildman–Crippen MR) is 82.9 cm³/mol. The number of rotatable bonds is 3. The summed E-state index contributed by atoms with van der Waals surface area (Å²) in [5, 5.41) is 4.00. The van der Waals surface area contributed by atoms with Crippen molar-refractivity contribution in [3.8, 4) is 0 Å². The van der Waals surface area contributed by atoms with Gasteiger partial charge in [-0.1, -0.05) is 4.49 Å². The van der Waals surface area contributed by atoms with Crippen LogP contribution in [0.15, 0.2) is 0 Å². The van der Waals surface area contributed by atoms with Crippen molar-refractivity contribution in [1.29, 1.82) is 0 Å². The van der Waals surface area contributed by atoms with Crippen LogP contribution in [0.1, 0.15) is 28.2 Å². The van der Waals surface area contributed by atoms with Crippen LogP contribution in [0.25, 0.3) is 0 Å². The van der Waals surface area contributed by atoms with Crippen LogP contribution in [0.5, 0.6) is 0 Å². The highest BCUT2D eigenvalue weighted by Gasteiger charge is 2.48. The number of aryl methyl sites for hydroxylation is 1. The molecule has 0 radical (unpaired) electrons. The molecule has 3 saturated heterocycles. The van der Waals surface area contributed by atoms with Crippen molar-refractivity contribution >= 4 is 17.4 Å². The van der Waals surface area contributed by atoms with Crippen LogP contribution >= 0.6 is 11.5 Å². The molecule has 3 aliphatic heterocycles. The molecule has 0 bridgehead atoms. The molecular weight excluding hydrogens is 300 g/mol. The van der Waals surface area contributed by atoms with Gasteiger partial charge >= 0.3 is 0 Å². The fraction of sp³-hybridized carbons (Fsp3) is 0.800. The van der Waals surface area contributed by atoms with Gasteiger partial charge in [0.05, 0.1) is 10.9 Å². The minimum Gasteiger partial charge on any atom is -0.381 e. The Balaban J connectivity index is 1.35. The van der Waals surface area contributed by atoms with Crippen LogP contribution in [0.4, 0.5) is 0 Å². The third kappa shape index (κ3) is 2.55. The predicted octanol–water partition coefficient (Wildman–Crippen LogP) is 1.03. The lowest BCUT2D eigenvalue weighted by molar-refractivity contribution is 0.0319. The molecule has 1 aromatic rings. The Morgan fingerprint density at radius 1 is 1.32 bits per heavy atom. The summed E-state index contributed by atoms with van der Waals surface area (Å²) in [5.41, 5.74) is 0.548. The first-order valence-electron chi connectivity index (χ1n) is 8.12. The normalized spacial score (nSPS) is 29.4. The molecule has 0 aliphatic carbocycles. The highest BCUT2D eigenvalue weighted by atomic mass is 32.1. The number of nitrogens with zero attached hydrogens (tertiary/aromatic N) is 4. The quantitative estimate of drug-likeness (QED) is 0.832. The van der Waals surface area contributed by atoms with Gasteiger partial charge in [-0.05, 0) is 37.2 Å². The monoisotopic (exact) mass is 322 g/mol. The number of carbonyl (C=O) groups excluding carboxylic acids is 1. The lowest BCUT2D eigenvalue weighted by Gasteiger charge is -2.43. The second-order valence-electron chi connectivity index (χ2n) is 6.74. The molecule has 120 valence electrons. The zero-order valence-electron chi connectivity index (χ0n) is 12.9. The minimum absolute atomic E-state index is 0.0698. The molecule has 3 aliphatic rings. The van der Waals surface area contributed by atoms with Crippen LogP contribution in [-0.2, 0) is 4.74 Å². The third-order valence-corrected chi connectivity index (χ3v) is 5.92. The molecule has 1 aromatic heterocycles. The highest BCUT2D eigenvalue weighted by Crippen LogP contribution is 2.34.